The molecule has 1 aliphatic heterocycles. The smallest absolute Gasteiger partial charge is 0.157 e. The molecule has 0 bridgehead atoms. The number of hydrogen-bond donors (Lipinski definition) is 1. The minimum atomic E-state index is 0.378. The van der Waals surface area contributed by atoms with E-state index in [2.05, 4.69) is 28.4 Å². The van der Waals surface area contributed by atoms with Crippen LogP contribution in [0.2, 0.25) is 0 Å². The Kier molecular flexibility index (Phi) is 3.72. The number of nitrogens with one attached hydrogen (secondary N) is 1. The molecule has 2 atom stereocenters. The summed E-state index contributed by atoms with van der Waals surface area (Å²) in [5.74, 6) is 0.631. The summed E-state index contributed by atoms with van der Waals surface area (Å²) in [5, 5.41) is 9.06. The molecule has 0 saturated carbocycles. The molecule has 1 fully saturated rings. The molecule has 1 N–H and O–H groups in total. The van der Waals surface area contributed by atoms with Crippen LogP contribution in [0.25, 0.3) is 11.0 Å². The van der Waals surface area contributed by atoms with Gasteiger partial charge in [-0.2, -0.15) is 5.10 Å². The van der Waals surface area contributed by atoms with E-state index in [0.717, 1.165) is 42.8 Å². The number of pyridine rings is 1. The third kappa shape index (κ3) is 2.55. The molecule has 5 heteroatoms. The lowest BCUT2D eigenvalue weighted by Crippen LogP contribution is -2.26. The van der Waals surface area contributed by atoms with Crippen LogP contribution in [0.3, 0.4) is 0 Å². The largest absolute Gasteiger partial charge is 0.378 e. The molecule has 2 aromatic rings. The van der Waals surface area contributed by atoms with Gasteiger partial charge in [0.1, 0.15) is 0 Å². The first-order valence-corrected chi connectivity index (χ1v) is 7.25. The summed E-state index contributed by atoms with van der Waals surface area (Å²) in [6.45, 7) is 6.94. The van der Waals surface area contributed by atoms with Crippen molar-refractivity contribution in [1.29, 1.82) is 0 Å². The van der Waals surface area contributed by atoms with Gasteiger partial charge in [0.15, 0.2) is 5.65 Å². The Labute approximate surface area is 119 Å². The zero-order valence-corrected chi connectivity index (χ0v) is 12.4. The maximum atomic E-state index is 5.58. The SMILES string of the molecule is Cc1nn(C)c2ncc(CNCC3CCOC3C)cc12. The Morgan fingerprint density at radius 1 is 1.50 bits per heavy atom. The average Bonchev–Trinajstić information content (AvgIpc) is 2.95. The number of fused-ring (bicyclic) bond motifs is 1. The molecule has 108 valence electrons. The van der Waals surface area contributed by atoms with Crippen LogP contribution in [-0.4, -0.2) is 34.0 Å². The second kappa shape index (κ2) is 5.50. The normalized spacial score (nSPS) is 22.8. The second-order valence-corrected chi connectivity index (χ2v) is 5.68. The summed E-state index contributed by atoms with van der Waals surface area (Å²) in [5.41, 5.74) is 3.19. The monoisotopic (exact) mass is 274 g/mol. The molecule has 20 heavy (non-hydrogen) atoms. The molecule has 3 rings (SSSR count). The van der Waals surface area contributed by atoms with Crippen LogP contribution in [-0.2, 0) is 18.3 Å². The van der Waals surface area contributed by atoms with Crippen molar-refractivity contribution in [3.8, 4) is 0 Å². The molecule has 0 aromatic carbocycles. The predicted molar refractivity (Wildman–Crippen MR) is 78.5 cm³/mol. The van der Waals surface area contributed by atoms with Crippen LogP contribution in [0.5, 0.6) is 0 Å². The molecule has 2 unspecified atom stereocenters. The molecule has 0 radical (unpaired) electrons. The standard InChI is InChI=1S/C15H22N4O/c1-10-14-6-12(8-17-15(14)19(3)18-10)7-16-9-13-4-5-20-11(13)2/h6,8,11,13,16H,4-5,7,9H2,1-3H3. The highest BCUT2D eigenvalue weighted by Gasteiger charge is 2.23. The summed E-state index contributed by atoms with van der Waals surface area (Å²) in [6.07, 6.45) is 3.47. The molecule has 1 saturated heterocycles. The zero-order chi connectivity index (χ0) is 14.1. The van der Waals surface area contributed by atoms with E-state index in [4.69, 9.17) is 4.74 Å². The van der Waals surface area contributed by atoms with Crippen LogP contribution in [0.1, 0.15) is 24.6 Å². The van der Waals surface area contributed by atoms with Crippen LogP contribution in [0, 0.1) is 12.8 Å². The first kappa shape index (κ1) is 13.5. The van der Waals surface area contributed by atoms with E-state index in [1.54, 1.807) is 0 Å². The predicted octanol–water partition coefficient (Wildman–Crippen LogP) is 1.79. The Bertz CT molecular complexity index is 607. The molecule has 0 aliphatic carbocycles. The van der Waals surface area contributed by atoms with Crippen molar-refractivity contribution in [2.45, 2.75) is 32.9 Å². The summed E-state index contributed by atoms with van der Waals surface area (Å²) >= 11 is 0. The van der Waals surface area contributed by atoms with Gasteiger partial charge in [0.2, 0.25) is 0 Å². The van der Waals surface area contributed by atoms with E-state index < -0.39 is 0 Å². The summed E-state index contributed by atoms with van der Waals surface area (Å²) in [6, 6.07) is 2.19. The fourth-order valence-electron chi connectivity index (χ4n) is 2.89. The van der Waals surface area contributed by atoms with Crippen molar-refractivity contribution >= 4 is 11.0 Å². The third-order valence-electron chi connectivity index (χ3n) is 4.19. The van der Waals surface area contributed by atoms with Gasteiger partial charge in [0.25, 0.3) is 0 Å². The fraction of sp³-hybridized carbons (Fsp3) is 0.600. The Hall–Kier alpha value is -1.46. The van der Waals surface area contributed by atoms with Gasteiger partial charge in [-0.3, -0.25) is 4.68 Å². The highest BCUT2D eigenvalue weighted by Crippen LogP contribution is 2.20. The maximum absolute atomic E-state index is 5.58. The minimum Gasteiger partial charge on any atom is -0.378 e. The zero-order valence-electron chi connectivity index (χ0n) is 12.4. The van der Waals surface area contributed by atoms with E-state index in [-0.39, 0.29) is 0 Å². The Morgan fingerprint density at radius 2 is 2.35 bits per heavy atom. The second-order valence-electron chi connectivity index (χ2n) is 5.68. The summed E-state index contributed by atoms with van der Waals surface area (Å²) in [7, 11) is 1.93. The molecule has 3 heterocycles. The molecule has 0 spiro atoms. The average molecular weight is 274 g/mol. The van der Waals surface area contributed by atoms with Gasteiger partial charge >= 0.3 is 0 Å². The van der Waals surface area contributed by atoms with Crippen molar-refractivity contribution in [3.63, 3.8) is 0 Å². The quantitative estimate of drug-likeness (QED) is 0.923. The summed E-state index contributed by atoms with van der Waals surface area (Å²) < 4.78 is 7.41. The van der Waals surface area contributed by atoms with Gasteiger partial charge < -0.3 is 10.1 Å². The fourth-order valence-corrected chi connectivity index (χ4v) is 2.89. The summed E-state index contributed by atoms with van der Waals surface area (Å²) in [4.78, 5) is 4.50. The molecular weight excluding hydrogens is 252 g/mol. The van der Waals surface area contributed by atoms with Crippen LogP contribution in [0.4, 0.5) is 0 Å². The van der Waals surface area contributed by atoms with Crippen molar-refractivity contribution in [1.82, 2.24) is 20.1 Å². The lowest BCUT2D eigenvalue weighted by atomic mass is 10.0. The van der Waals surface area contributed by atoms with Crippen LogP contribution in [0.15, 0.2) is 12.3 Å². The Morgan fingerprint density at radius 3 is 3.10 bits per heavy atom. The first-order chi connectivity index (χ1) is 9.65. The highest BCUT2D eigenvalue weighted by atomic mass is 16.5. The van der Waals surface area contributed by atoms with Gasteiger partial charge in [-0.15, -0.1) is 0 Å². The molecule has 0 amide bonds. The number of aromatic nitrogens is 3. The van der Waals surface area contributed by atoms with Crippen molar-refractivity contribution in [3.05, 3.63) is 23.5 Å². The van der Waals surface area contributed by atoms with E-state index in [1.165, 1.54) is 5.56 Å². The van der Waals surface area contributed by atoms with Crippen molar-refractivity contribution in [2.75, 3.05) is 13.2 Å². The number of hydrogen-bond acceptors (Lipinski definition) is 4. The van der Waals surface area contributed by atoms with Gasteiger partial charge in [0.05, 0.1) is 11.8 Å². The van der Waals surface area contributed by atoms with Gasteiger partial charge in [0, 0.05) is 38.3 Å². The first-order valence-electron chi connectivity index (χ1n) is 7.25. The van der Waals surface area contributed by atoms with Crippen LogP contribution >= 0.6 is 0 Å². The van der Waals surface area contributed by atoms with Gasteiger partial charge in [-0.05, 0) is 37.8 Å². The number of ether oxygens (including phenoxy) is 1. The molecule has 1 aliphatic rings. The van der Waals surface area contributed by atoms with Gasteiger partial charge in [-0.25, -0.2) is 4.98 Å². The number of aryl methyl sites for hydroxylation is 2. The van der Waals surface area contributed by atoms with Crippen LogP contribution < -0.4 is 5.32 Å². The lowest BCUT2D eigenvalue weighted by Gasteiger charge is -2.14. The molecule has 2 aromatic heterocycles. The minimum absolute atomic E-state index is 0.378. The molecule has 5 nitrogen and oxygen atoms in total. The third-order valence-corrected chi connectivity index (χ3v) is 4.19. The Balaban J connectivity index is 1.64. The lowest BCUT2D eigenvalue weighted by molar-refractivity contribution is 0.105. The number of nitrogens with zero attached hydrogens (tertiary/aromatic N) is 3. The number of rotatable bonds is 4. The maximum Gasteiger partial charge on any atom is 0.157 e. The van der Waals surface area contributed by atoms with E-state index in [0.29, 0.717) is 12.0 Å². The van der Waals surface area contributed by atoms with E-state index in [1.807, 2.05) is 24.9 Å². The topological polar surface area (TPSA) is 52.0 Å². The van der Waals surface area contributed by atoms with Crippen molar-refractivity contribution < 1.29 is 4.74 Å². The van der Waals surface area contributed by atoms with E-state index >= 15 is 0 Å². The van der Waals surface area contributed by atoms with E-state index in [9.17, 15) is 0 Å². The van der Waals surface area contributed by atoms with Gasteiger partial charge in [-0.1, -0.05) is 0 Å². The molecular formula is C15H22N4O. The highest BCUT2D eigenvalue weighted by molar-refractivity contribution is 5.78. The van der Waals surface area contributed by atoms with Crippen molar-refractivity contribution in [2.24, 2.45) is 13.0 Å².